The molecule has 0 bridgehead atoms. The Hall–Kier alpha value is -4.02. The van der Waals surface area contributed by atoms with Crippen LogP contribution in [-0.4, -0.2) is 67.3 Å². The highest BCUT2D eigenvalue weighted by atomic mass is 32.2. The monoisotopic (exact) mass is 602 g/mol. The molecule has 0 saturated heterocycles. The highest BCUT2D eigenvalue weighted by Crippen LogP contribution is 2.49. The maximum absolute atomic E-state index is 14.0. The van der Waals surface area contributed by atoms with E-state index in [0.717, 1.165) is 17.7 Å². The summed E-state index contributed by atoms with van der Waals surface area (Å²) in [5, 5.41) is 3.44. The van der Waals surface area contributed by atoms with Crippen molar-refractivity contribution in [3.8, 4) is 11.1 Å². The largest absolute Gasteiger partial charge is 0.500 e. The van der Waals surface area contributed by atoms with E-state index in [4.69, 9.17) is 4.74 Å². The zero-order chi connectivity index (χ0) is 31.1. The van der Waals surface area contributed by atoms with E-state index in [1.165, 1.54) is 11.1 Å². The molecule has 2 amide bonds. The Balaban J connectivity index is 1.60. The summed E-state index contributed by atoms with van der Waals surface area (Å²) < 4.78 is 33.9. The molecule has 1 N–H and O–H groups in total. The van der Waals surface area contributed by atoms with Crippen molar-refractivity contribution < 1.29 is 22.7 Å². The number of allylic oxidation sites excluding steroid dienone is 2. The van der Waals surface area contributed by atoms with Crippen LogP contribution in [0.15, 0.2) is 72.1 Å². The van der Waals surface area contributed by atoms with Crippen LogP contribution in [0.4, 0.5) is 0 Å². The van der Waals surface area contributed by atoms with Gasteiger partial charge in [-0.15, -0.1) is 6.58 Å². The van der Waals surface area contributed by atoms with E-state index in [1.807, 2.05) is 51.4 Å². The van der Waals surface area contributed by atoms with Crippen molar-refractivity contribution in [2.45, 2.75) is 44.4 Å². The minimum absolute atomic E-state index is 0.0143. The number of dihydropyridines is 1. The Kier molecular flexibility index (Phi) is 8.20. The van der Waals surface area contributed by atoms with Gasteiger partial charge in [0.25, 0.3) is 11.8 Å². The Morgan fingerprint density at radius 2 is 1.88 bits per heavy atom. The lowest BCUT2D eigenvalue weighted by molar-refractivity contribution is -0.121. The van der Waals surface area contributed by atoms with E-state index < -0.39 is 26.6 Å². The number of hydrogen-bond acceptors (Lipinski definition) is 6. The van der Waals surface area contributed by atoms with Crippen molar-refractivity contribution in [3.63, 3.8) is 0 Å². The number of rotatable bonds is 11. The number of aryl methyl sites for hydroxylation is 1. The number of aromatic nitrogens is 1. The summed E-state index contributed by atoms with van der Waals surface area (Å²) in [6.45, 7) is 8.06. The van der Waals surface area contributed by atoms with Crippen molar-refractivity contribution in [1.29, 1.82) is 0 Å². The second-order valence-electron chi connectivity index (χ2n) is 11.7. The molecular formula is C33H38N4O5S. The van der Waals surface area contributed by atoms with Crippen molar-refractivity contribution in [3.05, 3.63) is 83.8 Å². The van der Waals surface area contributed by atoms with Crippen molar-refractivity contribution >= 4 is 38.5 Å². The predicted octanol–water partition coefficient (Wildman–Crippen LogP) is 4.84. The van der Waals surface area contributed by atoms with Crippen LogP contribution in [0.25, 0.3) is 22.0 Å². The number of amides is 2. The van der Waals surface area contributed by atoms with Crippen molar-refractivity contribution in [2.24, 2.45) is 10.9 Å². The van der Waals surface area contributed by atoms with Crippen LogP contribution in [0, 0.1) is 12.8 Å². The standard InChI is InChI=1S/C33H38N4O5S/c1-7-12-33(13-14-33)43(40,41)37-19-21(2)30-26(31(38)34-18-27-29(42-6)15-22(3)35-32(27)39)16-25(17-28(30)37)24-10-8-23(9-11-24)20-36(4)5/h7-11,15-17,19,27H,1,12-14,18,20H2,2-6H3,(H,34,38). The van der Waals surface area contributed by atoms with E-state index >= 15 is 0 Å². The molecule has 1 atom stereocenters. The molecule has 10 heteroatoms. The lowest BCUT2D eigenvalue weighted by Crippen LogP contribution is -2.35. The third-order valence-corrected chi connectivity index (χ3v) is 10.7. The Labute approximate surface area is 253 Å². The topological polar surface area (TPSA) is 110 Å². The number of aliphatic imine (C=N–C) groups is 1. The molecule has 43 heavy (non-hydrogen) atoms. The first-order valence-corrected chi connectivity index (χ1v) is 15.7. The Bertz CT molecular complexity index is 1780. The fourth-order valence-corrected chi connectivity index (χ4v) is 7.87. The van der Waals surface area contributed by atoms with Crippen LogP contribution < -0.4 is 5.32 Å². The lowest BCUT2D eigenvalue weighted by Gasteiger charge is -2.20. The Morgan fingerprint density at radius 3 is 2.49 bits per heavy atom. The summed E-state index contributed by atoms with van der Waals surface area (Å²) in [7, 11) is 1.70. The van der Waals surface area contributed by atoms with Gasteiger partial charge in [-0.25, -0.2) is 17.4 Å². The molecule has 226 valence electrons. The maximum atomic E-state index is 14.0. The number of ether oxygens (including phenoxy) is 1. The molecular weight excluding hydrogens is 564 g/mol. The summed E-state index contributed by atoms with van der Waals surface area (Å²) in [5.74, 6) is -1.13. The molecule has 3 aromatic rings. The molecule has 1 aromatic heterocycles. The average Bonchev–Trinajstić information content (AvgIpc) is 3.68. The minimum Gasteiger partial charge on any atom is -0.500 e. The van der Waals surface area contributed by atoms with Crippen LogP contribution in [0.2, 0.25) is 0 Å². The summed E-state index contributed by atoms with van der Waals surface area (Å²) in [4.78, 5) is 32.6. The number of methoxy groups -OCH3 is 1. The second kappa shape index (κ2) is 11.6. The Morgan fingerprint density at radius 1 is 1.19 bits per heavy atom. The van der Waals surface area contributed by atoms with Crippen LogP contribution in [0.5, 0.6) is 0 Å². The highest BCUT2D eigenvalue weighted by Gasteiger charge is 2.54. The minimum atomic E-state index is -3.78. The summed E-state index contributed by atoms with van der Waals surface area (Å²) in [6, 6.07) is 11.6. The van der Waals surface area contributed by atoms with Gasteiger partial charge in [-0.1, -0.05) is 30.3 Å². The first-order valence-electron chi connectivity index (χ1n) is 14.3. The zero-order valence-electron chi connectivity index (χ0n) is 25.3. The third kappa shape index (κ3) is 5.69. The van der Waals surface area contributed by atoms with Gasteiger partial charge in [-0.3, -0.25) is 9.59 Å². The fourth-order valence-electron chi connectivity index (χ4n) is 5.81. The summed E-state index contributed by atoms with van der Waals surface area (Å²) >= 11 is 0. The first-order chi connectivity index (χ1) is 20.4. The van der Waals surface area contributed by atoms with E-state index in [2.05, 4.69) is 21.8 Å². The van der Waals surface area contributed by atoms with Crippen LogP contribution >= 0.6 is 0 Å². The van der Waals surface area contributed by atoms with Crippen molar-refractivity contribution in [1.82, 2.24) is 14.2 Å². The molecule has 2 aromatic carbocycles. The molecule has 1 aliphatic carbocycles. The number of fused-ring (bicyclic) bond motifs is 1. The van der Waals surface area contributed by atoms with Gasteiger partial charge >= 0.3 is 0 Å². The smallest absolute Gasteiger partial charge is 0.258 e. The molecule has 2 aliphatic rings. The normalized spacial score (nSPS) is 17.9. The predicted molar refractivity (Wildman–Crippen MR) is 170 cm³/mol. The molecule has 1 fully saturated rings. The average molecular weight is 603 g/mol. The van der Waals surface area contributed by atoms with Gasteiger partial charge in [-0.05, 0) is 87.7 Å². The fraction of sp³-hybridized carbons (Fsp3) is 0.364. The van der Waals surface area contributed by atoms with E-state index in [0.29, 0.717) is 58.3 Å². The molecule has 9 nitrogen and oxygen atoms in total. The SMILES string of the molecule is C=CCC1(S(=O)(=O)n2cc(C)c3c(C(=O)NCC4C(=O)N=C(C)C=C4OC)cc(-c4ccc(CN(C)C)cc4)cc32)CC1. The molecule has 1 saturated carbocycles. The summed E-state index contributed by atoms with van der Waals surface area (Å²) in [5.41, 5.74) is 4.67. The molecule has 0 spiro atoms. The quantitative estimate of drug-likeness (QED) is 0.315. The number of carbonyl (C=O) groups excluding carboxylic acids is 2. The molecule has 0 radical (unpaired) electrons. The van der Waals surface area contributed by atoms with Gasteiger partial charge in [0.15, 0.2) is 0 Å². The molecule has 5 rings (SSSR count). The van der Waals surface area contributed by atoms with Gasteiger partial charge in [0.1, 0.15) is 11.7 Å². The maximum Gasteiger partial charge on any atom is 0.258 e. The lowest BCUT2D eigenvalue weighted by atomic mass is 9.97. The van der Waals surface area contributed by atoms with Crippen LogP contribution in [-0.2, 0) is 26.1 Å². The number of nitrogens with zero attached hydrogens (tertiary/aromatic N) is 3. The van der Waals surface area contributed by atoms with Gasteiger partial charge in [0, 0.05) is 35.9 Å². The highest BCUT2D eigenvalue weighted by molar-refractivity contribution is 7.91. The van der Waals surface area contributed by atoms with E-state index in [1.54, 1.807) is 31.3 Å². The number of hydrogen-bond donors (Lipinski definition) is 1. The molecule has 1 unspecified atom stereocenters. The number of nitrogens with one attached hydrogen (secondary N) is 1. The zero-order valence-corrected chi connectivity index (χ0v) is 26.1. The van der Waals surface area contributed by atoms with Gasteiger partial charge in [0.05, 0.1) is 17.4 Å². The second-order valence-corrected chi connectivity index (χ2v) is 14.0. The molecule has 2 heterocycles. The first kappa shape index (κ1) is 30.4. The van der Waals surface area contributed by atoms with Gasteiger partial charge in [0.2, 0.25) is 10.0 Å². The van der Waals surface area contributed by atoms with E-state index in [9.17, 15) is 18.0 Å². The van der Waals surface area contributed by atoms with Gasteiger partial charge in [-0.2, -0.15) is 0 Å². The molecule has 1 aliphatic heterocycles. The number of benzene rings is 2. The third-order valence-electron chi connectivity index (χ3n) is 8.20. The van der Waals surface area contributed by atoms with Gasteiger partial charge < -0.3 is 15.0 Å². The summed E-state index contributed by atoms with van der Waals surface area (Å²) in [6.07, 6.45) is 6.44. The van der Waals surface area contributed by atoms with Crippen LogP contribution in [0.3, 0.4) is 0 Å². The van der Waals surface area contributed by atoms with Crippen molar-refractivity contribution in [2.75, 3.05) is 27.7 Å². The van der Waals surface area contributed by atoms with Crippen LogP contribution in [0.1, 0.15) is 47.7 Å². The number of carbonyl (C=O) groups is 2. The van der Waals surface area contributed by atoms with E-state index in [-0.39, 0.29) is 12.5 Å².